The molecule has 29 heavy (non-hydrogen) atoms. The first-order valence-corrected chi connectivity index (χ1v) is 10.5. The summed E-state index contributed by atoms with van der Waals surface area (Å²) in [6.45, 7) is -0.0224. The van der Waals surface area contributed by atoms with Gasteiger partial charge in [0.25, 0.3) is 5.56 Å². The number of rotatable bonds is 4. The molecule has 0 radical (unpaired) electrons. The van der Waals surface area contributed by atoms with Crippen molar-refractivity contribution in [2.45, 2.75) is 31.3 Å². The van der Waals surface area contributed by atoms with Crippen LogP contribution < -0.4 is 5.56 Å². The van der Waals surface area contributed by atoms with E-state index in [1.54, 1.807) is 17.5 Å². The van der Waals surface area contributed by atoms with Crippen molar-refractivity contribution in [3.63, 3.8) is 0 Å². The summed E-state index contributed by atoms with van der Waals surface area (Å²) in [4.78, 5) is 25.5. The molecular weight excluding hydrogens is 412 g/mol. The average Bonchev–Trinajstić information content (AvgIpc) is 3.30. The van der Waals surface area contributed by atoms with Crippen LogP contribution >= 0.6 is 22.9 Å². The lowest BCUT2D eigenvalue weighted by Gasteiger charge is -2.39. The number of esters is 1. The molecule has 7 nitrogen and oxygen atoms in total. The number of hydrogen-bond acceptors (Lipinski definition) is 6. The van der Waals surface area contributed by atoms with Crippen LogP contribution in [0.3, 0.4) is 0 Å². The van der Waals surface area contributed by atoms with Gasteiger partial charge >= 0.3 is 5.97 Å². The predicted molar refractivity (Wildman–Crippen MR) is 110 cm³/mol. The van der Waals surface area contributed by atoms with E-state index in [1.807, 2.05) is 29.6 Å². The van der Waals surface area contributed by atoms with Crippen LogP contribution in [0.25, 0.3) is 16.0 Å². The molecule has 1 fully saturated rings. The number of carbonyl (C=O) groups is 1. The maximum atomic E-state index is 13.0. The van der Waals surface area contributed by atoms with Crippen LogP contribution in [0.2, 0.25) is 5.02 Å². The Labute approximate surface area is 174 Å². The molecule has 0 unspecified atom stereocenters. The quantitative estimate of drug-likeness (QED) is 0.465. The van der Waals surface area contributed by atoms with Gasteiger partial charge in [-0.1, -0.05) is 30.2 Å². The maximum Gasteiger partial charge on any atom is 0.317 e. The van der Waals surface area contributed by atoms with E-state index in [4.69, 9.17) is 16.3 Å². The highest BCUT2D eigenvalue weighted by Crippen LogP contribution is 2.45. The second kappa shape index (κ2) is 6.67. The van der Waals surface area contributed by atoms with Crippen LogP contribution in [0.5, 0.6) is 0 Å². The number of aromatic nitrogens is 4. The minimum absolute atomic E-state index is 0.0224. The van der Waals surface area contributed by atoms with E-state index in [-0.39, 0.29) is 18.1 Å². The molecule has 0 atom stereocenters. The van der Waals surface area contributed by atoms with E-state index in [0.29, 0.717) is 21.3 Å². The van der Waals surface area contributed by atoms with Crippen LogP contribution in [0.15, 0.2) is 40.5 Å². The molecule has 5 rings (SSSR count). The number of ether oxygens (including phenoxy) is 1. The smallest absolute Gasteiger partial charge is 0.317 e. The Morgan fingerprint density at radius 2 is 2.14 bits per heavy atom. The molecule has 0 aliphatic heterocycles. The maximum absolute atomic E-state index is 13.0. The van der Waals surface area contributed by atoms with Crippen LogP contribution in [-0.4, -0.2) is 25.1 Å². The number of carbonyl (C=O) groups excluding carboxylic acids is 1. The normalized spacial score (nSPS) is 15.5. The Kier molecular flexibility index (Phi) is 4.22. The highest BCUT2D eigenvalue weighted by Gasteiger charge is 2.47. The van der Waals surface area contributed by atoms with Crippen molar-refractivity contribution >= 4 is 44.9 Å². The Bertz CT molecular complexity index is 1320. The van der Waals surface area contributed by atoms with Gasteiger partial charge in [0.15, 0.2) is 12.4 Å². The number of hydrogen-bond donors (Lipinski definition) is 0. The summed E-state index contributed by atoms with van der Waals surface area (Å²) in [7, 11) is 1.66. The summed E-state index contributed by atoms with van der Waals surface area (Å²) in [5.41, 5.74) is 0.829. The molecule has 3 heterocycles. The fourth-order valence-electron chi connectivity index (χ4n) is 3.94. The van der Waals surface area contributed by atoms with Gasteiger partial charge in [-0.15, -0.1) is 21.5 Å². The number of thiophene rings is 1. The van der Waals surface area contributed by atoms with Gasteiger partial charge in [0.05, 0.1) is 10.9 Å². The van der Waals surface area contributed by atoms with Crippen molar-refractivity contribution in [2.24, 2.45) is 7.05 Å². The number of aryl methyl sites for hydroxylation is 1. The summed E-state index contributed by atoms with van der Waals surface area (Å²) in [6, 6.07) is 9.25. The van der Waals surface area contributed by atoms with Gasteiger partial charge in [0, 0.05) is 12.1 Å². The number of fused-ring (bicyclic) bond motifs is 3. The van der Waals surface area contributed by atoms with Crippen molar-refractivity contribution in [3.05, 3.63) is 62.5 Å². The fourth-order valence-corrected chi connectivity index (χ4v) is 4.98. The van der Waals surface area contributed by atoms with Gasteiger partial charge in [0.2, 0.25) is 5.78 Å². The molecule has 1 saturated carbocycles. The highest BCUT2D eigenvalue weighted by molar-refractivity contribution is 7.17. The third-order valence-electron chi connectivity index (χ3n) is 5.70. The summed E-state index contributed by atoms with van der Waals surface area (Å²) in [6.07, 6.45) is 2.43. The van der Waals surface area contributed by atoms with Crippen molar-refractivity contribution in [3.8, 4) is 0 Å². The van der Waals surface area contributed by atoms with E-state index >= 15 is 0 Å². The summed E-state index contributed by atoms with van der Waals surface area (Å²) in [5.74, 6) is 0.613. The van der Waals surface area contributed by atoms with Crippen LogP contribution in [0.1, 0.15) is 30.7 Å². The Hall–Kier alpha value is -2.71. The van der Waals surface area contributed by atoms with Crippen molar-refractivity contribution in [1.29, 1.82) is 0 Å². The third-order valence-corrected chi connectivity index (χ3v) is 6.83. The van der Waals surface area contributed by atoms with E-state index in [0.717, 1.165) is 30.3 Å². The molecule has 0 spiro atoms. The number of nitrogens with zero attached hydrogens (tertiary/aromatic N) is 4. The molecule has 9 heteroatoms. The molecule has 0 amide bonds. The molecule has 1 aromatic carbocycles. The van der Waals surface area contributed by atoms with E-state index in [2.05, 4.69) is 10.2 Å². The Balaban J connectivity index is 1.48. The van der Waals surface area contributed by atoms with Crippen molar-refractivity contribution < 1.29 is 9.53 Å². The molecule has 0 bridgehead atoms. The molecule has 148 valence electrons. The molecule has 1 aliphatic rings. The van der Waals surface area contributed by atoms with Crippen molar-refractivity contribution in [2.75, 3.05) is 0 Å². The Morgan fingerprint density at radius 3 is 2.86 bits per heavy atom. The molecule has 0 N–H and O–H groups in total. The summed E-state index contributed by atoms with van der Waals surface area (Å²) >= 11 is 7.50. The second-order valence-corrected chi connectivity index (χ2v) is 8.63. The van der Waals surface area contributed by atoms with Crippen LogP contribution in [0, 0.1) is 0 Å². The third kappa shape index (κ3) is 2.70. The Morgan fingerprint density at radius 1 is 1.31 bits per heavy atom. The van der Waals surface area contributed by atoms with Gasteiger partial charge in [-0.3, -0.25) is 18.6 Å². The first-order chi connectivity index (χ1) is 14.0. The van der Waals surface area contributed by atoms with E-state index in [1.165, 1.54) is 15.9 Å². The zero-order valence-electron chi connectivity index (χ0n) is 15.6. The monoisotopic (exact) mass is 428 g/mol. The summed E-state index contributed by atoms with van der Waals surface area (Å²) in [5, 5.41) is 10.7. The molecule has 1 aliphatic carbocycles. The van der Waals surface area contributed by atoms with Gasteiger partial charge in [-0.05, 0) is 42.0 Å². The first kappa shape index (κ1) is 18.3. The van der Waals surface area contributed by atoms with E-state index in [9.17, 15) is 9.59 Å². The van der Waals surface area contributed by atoms with Gasteiger partial charge in [0.1, 0.15) is 4.70 Å². The topological polar surface area (TPSA) is 78.5 Å². The zero-order valence-corrected chi connectivity index (χ0v) is 17.2. The lowest BCUT2D eigenvalue weighted by Crippen LogP contribution is -2.43. The molecule has 4 aromatic rings. The first-order valence-electron chi connectivity index (χ1n) is 9.25. The zero-order chi connectivity index (χ0) is 20.2. The summed E-state index contributed by atoms with van der Waals surface area (Å²) < 4.78 is 9.54. The van der Waals surface area contributed by atoms with Gasteiger partial charge < -0.3 is 4.74 Å². The van der Waals surface area contributed by atoms with Gasteiger partial charge in [-0.25, -0.2) is 0 Å². The standard InChI is InChI=1S/C20H17ClN4O3S/c1-24-17(26)16-14(6-9-29-16)25-15(22-23-19(24)25)11-28-18(27)20(7-3-8-20)12-4-2-5-13(21)10-12/h2,4-6,9-10H,3,7-8,11H2,1H3. The SMILES string of the molecule is Cn1c(=O)c2sccc2n2c(COC(=O)C3(c4cccc(Cl)c4)CCC3)nnc12. The van der Waals surface area contributed by atoms with Crippen LogP contribution in [-0.2, 0) is 28.6 Å². The largest absolute Gasteiger partial charge is 0.457 e. The minimum Gasteiger partial charge on any atom is -0.457 e. The lowest BCUT2D eigenvalue weighted by molar-refractivity contribution is -0.156. The average molecular weight is 429 g/mol. The molecule has 3 aromatic heterocycles. The number of halogens is 1. The second-order valence-electron chi connectivity index (χ2n) is 7.27. The minimum atomic E-state index is -0.657. The van der Waals surface area contributed by atoms with E-state index < -0.39 is 5.41 Å². The lowest BCUT2D eigenvalue weighted by atomic mass is 9.64. The molecule has 0 saturated heterocycles. The predicted octanol–water partition coefficient (Wildman–Crippen LogP) is 3.46. The van der Waals surface area contributed by atoms with Crippen molar-refractivity contribution in [1.82, 2.24) is 19.2 Å². The molecular formula is C20H17ClN4O3S. The number of benzene rings is 1. The van der Waals surface area contributed by atoms with Gasteiger partial charge in [-0.2, -0.15) is 0 Å². The fraction of sp³-hybridized carbons (Fsp3) is 0.300. The van der Waals surface area contributed by atoms with Crippen LogP contribution in [0.4, 0.5) is 0 Å². The highest BCUT2D eigenvalue weighted by atomic mass is 35.5.